The molecule has 0 spiro atoms. The zero-order chi connectivity index (χ0) is 10.1. The largest absolute Gasteiger partial charge is 0.464 e. The molecule has 5 heteroatoms. The fourth-order valence-electron chi connectivity index (χ4n) is 1.34. The van der Waals surface area contributed by atoms with Crippen molar-refractivity contribution in [3.8, 4) is 0 Å². The highest BCUT2D eigenvalue weighted by Crippen LogP contribution is 2.15. The van der Waals surface area contributed by atoms with Crippen LogP contribution in [0.25, 0.3) is 11.0 Å². The van der Waals surface area contributed by atoms with Crippen molar-refractivity contribution in [1.29, 1.82) is 0 Å². The molecule has 0 N–H and O–H groups in total. The van der Waals surface area contributed by atoms with Gasteiger partial charge in [-0.15, -0.1) is 0 Å². The van der Waals surface area contributed by atoms with Crippen LogP contribution in [0.4, 0.5) is 0 Å². The van der Waals surface area contributed by atoms with Gasteiger partial charge in [0.15, 0.2) is 5.69 Å². The summed E-state index contributed by atoms with van der Waals surface area (Å²) in [5, 5.41) is 0.710. The first-order valence-corrected chi connectivity index (χ1v) is 4.08. The van der Waals surface area contributed by atoms with Gasteiger partial charge in [0.05, 0.1) is 12.5 Å². The lowest BCUT2D eigenvalue weighted by Crippen LogP contribution is -2.05. The molecule has 0 saturated heterocycles. The molecule has 0 atom stereocenters. The standard InChI is InChI=1S/C9H9N3O2/c1-12-4-3-6-7(9(13)14-2)10-5-11-8(6)12/h3-5H,1-2H3. The summed E-state index contributed by atoms with van der Waals surface area (Å²) in [7, 11) is 3.19. The van der Waals surface area contributed by atoms with Crippen LogP contribution in [0.1, 0.15) is 10.5 Å². The zero-order valence-electron chi connectivity index (χ0n) is 7.89. The third-order valence-electron chi connectivity index (χ3n) is 2.04. The van der Waals surface area contributed by atoms with Crippen molar-refractivity contribution in [1.82, 2.24) is 14.5 Å². The molecule has 0 aliphatic carbocycles. The number of ether oxygens (including phenoxy) is 1. The number of carbonyl (C=O) groups excluding carboxylic acids is 1. The predicted octanol–water partition coefficient (Wildman–Crippen LogP) is 0.755. The highest BCUT2D eigenvalue weighted by atomic mass is 16.5. The normalized spacial score (nSPS) is 10.4. The van der Waals surface area contributed by atoms with Gasteiger partial charge in [0, 0.05) is 13.2 Å². The molecule has 0 fully saturated rings. The Morgan fingerprint density at radius 2 is 2.29 bits per heavy atom. The average Bonchev–Trinajstić information content (AvgIpc) is 2.59. The van der Waals surface area contributed by atoms with Gasteiger partial charge in [-0.25, -0.2) is 14.8 Å². The van der Waals surface area contributed by atoms with Crippen molar-refractivity contribution in [3.05, 3.63) is 24.3 Å². The summed E-state index contributed by atoms with van der Waals surface area (Å²) >= 11 is 0. The average molecular weight is 191 g/mol. The third-order valence-corrected chi connectivity index (χ3v) is 2.04. The predicted molar refractivity (Wildman–Crippen MR) is 49.8 cm³/mol. The molecule has 0 amide bonds. The van der Waals surface area contributed by atoms with E-state index in [-0.39, 0.29) is 0 Å². The number of aromatic nitrogens is 3. The molecule has 0 saturated carbocycles. The van der Waals surface area contributed by atoms with Gasteiger partial charge in [-0.1, -0.05) is 0 Å². The fraction of sp³-hybridized carbons (Fsp3) is 0.222. The molecule has 0 unspecified atom stereocenters. The second-order valence-corrected chi connectivity index (χ2v) is 2.88. The van der Waals surface area contributed by atoms with E-state index in [1.165, 1.54) is 13.4 Å². The summed E-state index contributed by atoms with van der Waals surface area (Å²) in [5.74, 6) is -0.441. The summed E-state index contributed by atoms with van der Waals surface area (Å²) in [6.07, 6.45) is 3.18. The molecular formula is C9H9N3O2. The number of hydrogen-bond donors (Lipinski definition) is 0. The molecule has 5 nitrogen and oxygen atoms in total. The van der Waals surface area contributed by atoms with Crippen molar-refractivity contribution in [2.24, 2.45) is 7.05 Å². The summed E-state index contributed by atoms with van der Waals surface area (Å²) in [6.45, 7) is 0. The Hall–Kier alpha value is -1.91. The number of fused-ring (bicyclic) bond motifs is 1. The minimum absolute atomic E-state index is 0.304. The number of hydrogen-bond acceptors (Lipinski definition) is 4. The summed E-state index contributed by atoms with van der Waals surface area (Å²) in [4.78, 5) is 19.3. The Morgan fingerprint density at radius 1 is 1.50 bits per heavy atom. The summed E-state index contributed by atoms with van der Waals surface area (Å²) in [6, 6.07) is 1.79. The molecule has 2 heterocycles. The molecule has 2 rings (SSSR count). The number of rotatable bonds is 1. The van der Waals surface area contributed by atoms with Crippen LogP contribution in [0.15, 0.2) is 18.6 Å². The lowest BCUT2D eigenvalue weighted by Gasteiger charge is -1.99. The third kappa shape index (κ3) is 1.14. The van der Waals surface area contributed by atoms with Gasteiger partial charge in [-0.2, -0.15) is 0 Å². The summed E-state index contributed by atoms with van der Waals surface area (Å²) < 4.78 is 6.44. The molecule has 0 bridgehead atoms. The second-order valence-electron chi connectivity index (χ2n) is 2.88. The molecule has 0 aromatic carbocycles. The van der Waals surface area contributed by atoms with Gasteiger partial charge in [0.2, 0.25) is 0 Å². The maximum Gasteiger partial charge on any atom is 0.357 e. The zero-order valence-corrected chi connectivity index (χ0v) is 7.89. The Labute approximate surface area is 80.3 Å². The van der Waals surface area contributed by atoms with Crippen LogP contribution in [0.3, 0.4) is 0 Å². The molecule has 2 aromatic rings. The smallest absolute Gasteiger partial charge is 0.357 e. The van der Waals surface area contributed by atoms with Gasteiger partial charge in [-0.3, -0.25) is 0 Å². The van der Waals surface area contributed by atoms with Crippen LogP contribution >= 0.6 is 0 Å². The molecule has 0 aliphatic rings. The van der Waals surface area contributed by atoms with Gasteiger partial charge >= 0.3 is 5.97 Å². The Bertz CT molecular complexity index is 490. The van der Waals surface area contributed by atoms with Crippen molar-refractivity contribution < 1.29 is 9.53 Å². The number of carbonyl (C=O) groups is 1. The Balaban J connectivity index is 2.71. The van der Waals surface area contributed by atoms with Gasteiger partial charge < -0.3 is 9.30 Å². The van der Waals surface area contributed by atoms with E-state index >= 15 is 0 Å². The van der Waals surface area contributed by atoms with Crippen LogP contribution in [0.5, 0.6) is 0 Å². The van der Waals surface area contributed by atoms with E-state index in [4.69, 9.17) is 0 Å². The molecule has 2 aromatic heterocycles. The molecule has 0 radical (unpaired) electrons. The van der Waals surface area contributed by atoms with E-state index in [2.05, 4.69) is 14.7 Å². The van der Waals surface area contributed by atoms with E-state index in [9.17, 15) is 4.79 Å². The van der Waals surface area contributed by atoms with Crippen molar-refractivity contribution in [2.45, 2.75) is 0 Å². The van der Waals surface area contributed by atoms with Gasteiger partial charge in [0.1, 0.15) is 12.0 Å². The Morgan fingerprint density at radius 3 is 3.00 bits per heavy atom. The number of esters is 1. The maximum atomic E-state index is 11.3. The lowest BCUT2D eigenvalue weighted by atomic mass is 10.3. The highest BCUT2D eigenvalue weighted by Gasteiger charge is 2.13. The van der Waals surface area contributed by atoms with Crippen LogP contribution in [0.2, 0.25) is 0 Å². The minimum Gasteiger partial charge on any atom is -0.464 e. The van der Waals surface area contributed by atoms with E-state index in [0.29, 0.717) is 11.1 Å². The molecular weight excluding hydrogens is 182 g/mol. The Kier molecular flexibility index (Phi) is 1.92. The molecule has 72 valence electrons. The van der Waals surface area contributed by atoms with E-state index in [1.54, 1.807) is 6.07 Å². The van der Waals surface area contributed by atoms with E-state index in [1.807, 2.05) is 17.8 Å². The van der Waals surface area contributed by atoms with Crippen LogP contribution in [-0.4, -0.2) is 27.6 Å². The quantitative estimate of drug-likeness (QED) is 0.624. The monoisotopic (exact) mass is 191 g/mol. The first-order valence-electron chi connectivity index (χ1n) is 4.08. The minimum atomic E-state index is -0.441. The lowest BCUT2D eigenvalue weighted by molar-refractivity contribution is 0.0596. The summed E-state index contributed by atoms with van der Waals surface area (Å²) in [5.41, 5.74) is 1.03. The van der Waals surface area contributed by atoms with E-state index in [0.717, 1.165) is 5.65 Å². The second kappa shape index (κ2) is 3.10. The SMILES string of the molecule is COC(=O)c1ncnc2c1ccn2C. The maximum absolute atomic E-state index is 11.3. The van der Waals surface area contributed by atoms with Crippen molar-refractivity contribution in [3.63, 3.8) is 0 Å². The number of methoxy groups -OCH3 is 1. The fourth-order valence-corrected chi connectivity index (χ4v) is 1.34. The number of nitrogens with zero attached hydrogens (tertiary/aromatic N) is 3. The first kappa shape index (κ1) is 8.68. The van der Waals surface area contributed by atoms with Crippen LogP contribution in [-0.2, 0) is 11.8 Å². The molecule has 0 aliphatic heterocycles. The van der Waals surface area contributed by atoms with Crippen molar-refractivity contribution >= 4 is 17.0 Å². The number of aryl methyl sites for hydroxylation is 1. The topological polar surface area (TPSA) is 57.0 Å². The molecule has 14 heavy (non-hydrogen) atoms. The highest BCUT2D eigenvalue weighted by molar-refractivity contribution is 6.00. The van der Waals surface area contributed by atoms with E-state index < -0.39 is 5.97 Å². The first-order chi connectivity index (χ1) is 6.74. The van der Waals surface area contributed by atoms with Crippen LogP contribution < -0.4 is 0 Å². The van der Waals surface area contributed by atoms with Gasteiger partial charge in [0.25, 0.3) is 0 Å². The van der Waals surface area contributed by atoms with Crippen LogP contribution in [0, 0.1) is 0 Å². The van der Waals surface area contributed by atoms with Gasteiger partial charge in [-0.05, 0) is 6.07 Å². The van der Waals surface area contributed by atoms with Crippen molar-refractivity contribution in [2.75, 3.05) is 7.11 Å².